The van der Waals surface area contributed by atoms with Crippen LogP contribution >= 0.6 is 0 Å². The zero-order valence-electron chi connectivity index (χ0n) is 8.85. The number of hydrogen-bond donors (Lipinski definition) is 1. The number of aromatic nitrogens is 3. The van der Waals surface area contributed by atoms with E-state index < -0.39 is 0 Å². The first-order valence-electron chi connectivity index (χ1n) is 5.35. The molecule has 1 aromatic heterocycles. The summed E-state index contributed by atoms with van der Waals surface area (Å²) >= 11 is 0. The first-order valence-corrected chi connectivity index (χ1v) is 5.35. The molecule has 0 aliphatic heterocycles. The first kappa shape index (κ1) is 9.65. The Morgan fingerprint density at radius 3 is 2.71 bits per heavy atom. The zero-order chi connectivity index (χ0) is 10.1. The van der Waals surface area contributed by atoms with Gasteiger partial charge in [0.1, 0.15) is 12.2 Å². The summed E-state index contributed by atoms with van der Waals surface area (Å²) in [6.45, 7) is 4.21. The highest BCUT2D eigenvalue weighted by Gasteiger charge is 2.29. The Balaban J connectivity index is 2.17. The van der Waals surface area contributed by atoms with E-state index in [1.165, 1.54) is 19.3 Å². The first-order chi connectivity index (χ1) is 6.70. The maximum atomic E-state index is 6.16. The molecule has 1 aliphatic rings. The van der Waals surface area contributed by atoms with Crippen LogP contribution in [-0.2, 0) is 0 Å². The summed E-state index contributed by atoms with van der Waals surface area (Å²) in [5.41, 5.74) is 6.16. The van der Waals surface area contributed by atoms with Crippen molar-refractivity contribution in [1.82, 2.24) is 14.8 Å². The summed E-state index contributed by atoms with van der Waals surface area (Å²) in [5, 5.41) is 4.20. The van der Waals surface area contributed by atoms with Crippen LogP contribution in [0, 0.1) is 5.92 Å². The van der Waals surface area contributed by atoms with Crippen LogP contribution in [0.3, 0.4) is 0 Å². The van der Waals surface area contributed by atoms with E-state index in [1.807, 2.05) is 4.68 Å². The molecule has 0 radical (unpaired) electrons. The lowest BCUT2D eigenvalue weighted by Crippen LogP contribution is -2.30. The van der Waals surface area contributed by atoms with E-state index in [0.717, 1.165) is 5.82 Å². The predicted molar refractivity (Wildman–Crippen MR) is 54.7 cm³/mol. The standard InChI is InChI=1S/C10H18N4/c1-7(2)14-10(12-6-13-14)9(11)8-4-3-5-8/h6-9H,3-5,11H2,1-2H3. The van der Waals surface area contributed by atoms with Gasteiger partial charge in [-0.2, -0.15) is 5.10 Å². The molecule has 0 amide bonds. The predicted octanol–water partition coefficient (Wildman–Crippen LogP) is 1.66. The molecule has 2 N–H and O–H groups in total. The zero-order valence-corrected chi connectivity index (χ0v) is 8.85. The normalized spacial score (nSPS) is 19.7. The molecule has 1 aromatic rings. The maximum Gasteiger partial charge on any atom is 0.144 e. The fraction of sp³-hybridized carbons (Fsp3) is 0.800. The monoisotopic (exact) mass is 194 g/mol. The molecule has 4 heteroatoms. The summed E-state index contributed by atoms with van der Waals surface area (Å²) in [6.07, 6.45) is 5.40. The van der Waals surface area contributed by atoms with Crippen LogP contribution in [0.1, 0.15) is 51.0 Å². The summed E-state index contributed by atoms with van der Waals surface area (Å²) in [7, 11) is 0. The molecule has 4 nitrogen and oxygen atoms in total. The highest BCUT2D eigenvalue weighted by Crippen LogP contribution is 2.35. The van der Waals surface area contributed by atoms with Crippen LogP contribution < -0.4 is 5.73 Å². The molecular formula is C10H18N4. The summed E-state index contributed by atoms with van der Waals surface area (Å²) in [6, 6.07) is 0.423. The molecule has 1 aliphatic carbocycles. The SMILES string of the molecule is CC(C)n1ncnc1C(N)C1CCC1. The van der Waals surface area contributed by atoms with Gasteiger partial charge >= 0.3 is 0 Å². The second-order valence-electron chi connectivity index (χ2n) is 4.37. The van der Waals surface area contributed by atoms with Crippen LogP contribution in [0.5, 0.6) is 0 Å². The van der Waals surface area contributed by atoms with E-state index in [9.17, 15) is 0 Å². The quantitative estimate of drug-likeness (QED) is 0.796. The highest BCUT2D eigenvalue weighted by molar-refractivity contribution is 4.99. The lowest BCUT2D eigenvalue weighted by Gasteiger charge is -2.31. The third-order valence-electron chi connectivity index (χ3n) is 3.05. The Morgan fingerprint density at radius 2 is 2.21 bits per heavy atom. The van der Waals surface area contributed by atoms with Gasteiger partial charge in [0.05, 0.1) is 6.04 Å². The van der Waals surface area contributed by atoms with Gasteiger partial charge in [-0.25, -0.2) is 9.67 Å². The lowest BCUT2D eigenvalue weighted by molar-refractivity contribution is 0.249. The van der Waals surface area contributed by atoms with Crippen molar-refractivity contribution in [3.8, 4) is 0 Å². The van der Waals surface area contributed by atoms with Gasteiger partial charge < -0.3 is 5.73 Å². The number of hydrogen-bond acceptors (Lipinski definition) is 3. The van der Waals surface area contributed by atoms with Crippen molar-refractivity contribution in [2.45, 2.75) is 45.2 Å². The van der Waals surface area contributed by atoms with Gasteiger partial charge in [0.2, 0.25) is 0 Å². The minimum Gasteiger partial charge on any atom is -0.321 e. The average Bonchev–Trinajstić information content (AvgIpc) is 2.47. The number of nitrogens with two attached hydrogens (primary N) is 1. The minimum absolute atomic E-state index is 0.0775. The van der Waals surface area contributed by atoms with E-state index in [2.05, 4.69) is 23.9 Å². The topological polar surface area (TPSA) is 56.7 Å². The van der Waals surface area contributed by atoms with Crippen molar-refractivity contribution in [2.24, 2.45) is 11.7 Å². The van der Waals surface area contributed by atoms with E-state index in [0.29, 0.717) is 12.0 Å². The van der Waals surface area contributed by atoms with Gasteiger partial charge in [-0.15, -0.1) is 0 Å². The van der Waals surface area contributed by atoms with Crippen molar-refractivity contribution < 1.29 is 0 Å². The van der Waals surface area contributed by atoms with Crippen LogP contribution in [0.25, 0.3) is 0 Å². The lowest BCUT2D eigenvalue weighted by atomic mass is 9.80. The van der Waals surface area contributed by atoms with Crippen LogP contribution in [-0.4, -0.2) is 14.8 Å². The third kappa shape index (κ3) is 1.54. The Hall–Kier alpha value is -0.900. The fourth-order valence-corrected chi connectivity index (χ4v) is 1.91. The minimum atomic E-state index is 0.0775. The van der Waals surface area contributed by atoms with Crippen LogP contribution in [0.2, 0.25) is 0 Å². The van der Waals surface area contributed by atoms with Crippen molar-refractivity contribution in [1.29, 1.82) is 0 Å². The Bertz CT molecular complexity index is 301. The molecule has 78 valence electrons. The summed E-state index contributed by atoms with van der Waals surface area (Å²) in [4.78, 5) is 4.27. The van der Waals surface area contributed by atoms with Crippen molar-refractivity contribution in [3.63, 3.8) is 0 Å². The second kappa shape index (κ2) is 3.69. The van der Waals surface area contributed by atoms with Crippen LogP contribution in [0.15, 0.2) is 6.33 Å². The average molecular weight is 194 g/mol. The summed E-state index contributed by atoms with van der Waals surface area (Å²) in [5.74, 6) is 1.57. The highest BCUT2D eigenvalue weighted by atomic mass is 15.4. The fourth-order valence-electron chi connectivity index (χ4n) is 1.91. The number of nitrogens with zero attached hydrogens (tertiary/aromatic N) is 3. The van der Waals surface area contributed by atoms with E-state index in [-0.39, 0.29) is 6.04 Å². The second-order valence-corrected chi connectivity index (χ2v) is 4.37. The molecular weight excluding hydrogens is 176 g/mol. The smallest absolute Gasteiger partial charge is 0.144 e. The number of rotatable bonds is 3. The molecule has 0 saturated heterocycles. The van der Waals surface area contributed by atoms with Gasteiger partial charge in [0.25, 0.3) is 0 Å². The maximum absolute atomic E-state index is 6.16. The van der Waals surface area contributed by atoms with Gasteiger partial charge in [-0.05, 0) is 32.6 Å². The molecule has 1 atom stereocenters. The molecule has 1 heterocycles. The van der Waals surface area contributed by atoms with Crippen molar-refractivity contribution in [3.05, 3.63) is 12.2 Å². The molecule has 1 fully saturated rings. The van der Waals surface area contributed by atoms with Gasteiger partial charge in [0, 0.05) is 6.04 Å². The van der Waals surface area contributed by atoms with E-state index in [4.69, 9.17) is 5.73 Å². The molecule has 2 rings (SSSR count). The molecule has 0 aromatic carbocycles. The van der Waals surface area contributed by atoms with Gasteiger partial charge in [0.15, 0.2) is 0 Å². The van der Waals surface area contributed by atoms with Crippen molar-refractivity contribution >= 4 is 0 Å². The van der Waals surface area contributed by atoms with Crippen LogP contribution in [0.4, 0.5) is 0 Å². The Labute approximate surface area is 84.5 Å². The summed E-state index contributed by atoms with van der Waals surface area (Å²) < 4.78 is 1.93. The van der Waals surface area contributed by atoms with Gasteiger partial charge in [-0.1, -0.05) is 6.42 Å². The van der Waals surface area contributed by atoms with E-state index >= 15 is 0 Å². The molecule has 14 heavy (non-hydrogen) atoms. The Morgan fingerprint density at radius 1 is 1.50 bits per heavy atom. The largest absolute Gasteiger partial charge is 0.321 e. The van der Waals surface area contributed by atoms with Crippen molar-refractivity contribution in [2.75, 3.05) is 0 Å². The van der Waals surface area contributed by atoms with Gasteiger partial charge in [-0.3, -0.25) is 0 Å². The molecule has 1 saturated carbocycles. The van der Waals surface area contributed by atoms with E-state index in [1.54, 1.807) is 6.33 Å². The third-order valence-corrected chi connectivity index (χ3v) is 3.05. The molecule has 0 bridgehead atoms. The Kier molecular flexibility index (Phi) is 2.54. The molecule has 1 unspecified atom stereocenters. The molecule has 0 spiro atoms.